The molecule has 1 atom stereocenters. The van der Waals surface area contributed by atoms with E-state index >= 15 is 0 Å². The van der Waals surface area contributed by atoms with Gasteiger partial charge in [-0.2, -0.15) is 11.8 Å². The van der Waals surface area contributed by atoms with Crippen molar-refractivity contribution in [1.82, 2.24) is 20.2 Å². The van der Waals surface area contributed by atoms with Crippen molar-refractivity contribution in [1.29, 1.82) is 0 Å². The maximum Gasteiger partial charge on any atom is 0.210 e. The van der Waals surface area contributed by atoms with Crippen LogP contribution in [0.1, 0.15) is 31.3 Å². The number of hydrogen-bond donors (Lipinski definition) is 1. The van der Waals surface area contributed by atoms with Gasteiger partial charge in [-0.05, 0) is 29.5 Å². The van der Waals surface area contributed by atoms with Gasteiger partial charge in [-0.3, -0.25) is 0 Å². The molecule has 3 rings (SSSR count). The van der Waals surface area contributed by atoms with E-state index in [1.165, 1.54) is 9.58 Å². The van der Waals surface area contributed by atoms with Crippen molar-refractivity contribution in [3.63, 3.8) is 0 Å². The average molecular weight is 397 g/mol. The molecular weight excluding hydrogens is 370 g/mol. The summed E-state index contributed by atoms with van der Waals surface area (Å²) in [5.41, 5.74) is 1.03. The minimum Gasteiger partial charge on any atom is -0.325 e. The molecule has 2 heterocycles. The first-order valence-corrected chi connectivity index (χ1v) is 11.7. The van der Waals surface area contributed by atoms with E-state index in [1.54, 1.807) is 24.3 Å². The number of tetrazole rings is 1. The number of aryl methyl sites for hydroxylation is 1. The van der Waals surface area contributed by atoms with Crippen LogP contribution in [0.4, 0.5) is 0 Å². The fourth-order valence-corrected chi connectivity index (χ4v) is 5.63. The lowest BCUT2D eigenvalue weighted by Crippen LogP contribution is -3.14. The summed E-state index contributed by atoms with van der Waals surface area (Å²) in [5, 5.41) is 12.0. The van der Waals surface area contributed by atoms with Gasteiger partial charge < -0.3 is 4.90 Å². The first-order chi connectivity index (χ1) is 12.4. The highest BCUT2D eigenvalue weighted by molar-refractivity contribution is 7.99. The van der Waals surface area contributed by atoms with Gasteiger partial charge in [0.25, 0.3) is 0 Å². The van der Waals surface area contributed by atoms with Crippen LogP contribution in [0.5, 0.6) is 0 Å². The Hall–Kier alpha value is -1.45. The molecule has 7 nitrogen and oxygen atoms in total. The third kappa shape index (κ3) is 4.27. The molecule has 1 fully saturated rings. The van der Waals surface area contributed by atoms with E-state index in [4.69, 9.17) is 0 Å². The summed E-state index contributed by atoms with van der Waals surface area (Å²) >= 11 is 1.96. The highest BCUT2D eigenvalue weighted by Gasteiger charge is 2.34. The molecule has 26 heavy (non-hydrogen) atoms. The smallest absolute Gasteiger partial charge is 0.210 e. The standard InChI is InChI=1S/C17H25N5O2S2/c1-13(2)16(21-8-10-25-11-9-21)17-18-19-20-22(17)12-26(23,24)15-6-4-14(3)5-7-15/h4-7,13,16H,8-12H2,1-3H3/p+1/t16-/m0/s1. The SMILES string of the molecule is Cc1ccc(S(=O)(=O)Cn2nnnc2[C@H](C(C)C)[NH+]2CCSCC2)cc1. The minimum atomic E-state index is -3.51. The second-order valence-corrected chi connectivity index (χ2v) is 10.3. The zero-order valence-electron chi connectivity index (χ0n) is 15.4. The normalized spacial score (nSPS) is 17.5. The highest BCUT2D eigenvalue weighted by atomic mass is 32.2. The highest BCUT2D eigenvalue weighted by Crippen LogP contribution is 2.20. The molecule has 1 N–H and O–H groups in total. The molecular formula is C17H26N5O2S2+. The van der Waals surface area contributed by atoms with Gasteiger partial charge in [0.1, 0.15) is 0 Å². The number of nitrogens with one attached hydrogen (secondary N) is 1. The van der Waals surface area contributed by atoms with E-state index in [9.17, 15) is 8.42 Å². The lowest BCUT2D eigenvalue weighted by Gasteiger charge is -2.32. The van der Waals surface area contributed by atoms with Crippen LogP contribution in [-0.2, 0) is 15.7 Å². The number of thioether (sulfide) groups is 1. The molecule has 0 unspecified atom stereocenters. The van der Waals surface area contributed by atoms with Crippen LogP contribution in [0.15, 0.2) is 29.2 Å². The number of aromatic nitrogens is 4. The Morgan fingerprint density at radius 3 is 2.46 bits per heavy atom. The summed E-state index contributed by atoms with van der Waals surface area (Å²) in [6.45, 7) is 8.32. The Kier molecular flexibility index (Phi) is 5.99. The van der Waals surface area contributed by atoms with Crippen LogP contribution in [0, 0.1) is 12.8 Å². The summed E-state index contributed by atoms with van der Waals surface area (Å²) in [7, 11) is -3.51. The van der Waals surface area contributed by atoms with Crippen LogP contribution < -0.4 is 4.90 Å². The molecule has 9 heteroatoms. The predicted molar refractivity (Wildman–Crippen MR) is 102 cm³/mol. The molecule has 1 aliphatic rings. The van der Waals surface area contributed by atoms with E-state index in [0.717, 1.165) is 30.2 Å². The van der Waals surface area contributed by atoms with Gasteiger partial charge >= 0.3 is 0 Å². The van der Waals surface area contributed by atoms with Crippen LogP contribution in [0.25, 0.3) is 0 Å². The Bertz CT molecular complexity index is 827. The van der Waals surface area contributed by atoms with Gasteiger partial charge in [-0.15, -0.1) is 5.10 Å². The van der Waals surface area contributed by atoms with Crippen molar-refractivity contribution in [2.45, 2.75) is 37.6 Å². The third-order valence-corrected chi connectivity index (χ3v) is 7.31. The lowest BCUT2D eigenvalue weighted by molar-refractivity contribution is -0.933. The number of hydrogen-bond acceptors (Lipinski definition) is 6. The van der Waals surface area contributed by atoms with Gasteiger partial charge in [0.2, 0.25) is 5.82 Å². The summed E-state index contributed by atoms with van der Waals surface area (Å²) in [6.07, 6.45) is 0. The lowest BCUT2D eigenvalue weighted by atomic mass is 10.0. The van der Waals surface area contributed by atoms with Gasteiger partial charge in [0, 0.05) is 17.4 Å². The molecule has 0 spiro atoms. The summed E-state index contributed by atoms with van der Waals surface area (Å²) in [6, 6.07) is 6.99. The third-order valence-electron chi connectivity index (χ3n) is 4.75. The zero-order chi connectivity index (χ0) is 18.7. The Balaban J connectivity index is 1.88. The maximum absolute atomic E-state index is 12.8. The molecule has 142 valence electrons. The number of quaternary nitrogens is 1. The molecule has 1 aromatic carbocycles. The zero-order valence-corrected chi connectivity index (χ0v) is 17.1. The molecule has 1 saturated heterocycles. The molecule has 0 saturated carbocycles. The molecule has 0 radical (unpaired) electrons. The van der Waals surface area contributed by atoms with Crippen molar-refractivity contribution in [2.24, 2.45) is 5.92 Å². The van der Waals surface area contributed by atoms with Crippen LogP contribution in [0.3, 0.4) is 0 Å². The quantitative estimate of drug-likeness (QED) is 0.776. The summed E-state index contributed by atoms with van der Waals surface area (Å²) in [4.78, 5) is 1.73. The Morgan fingerprint density at radius 1 is 1.19 bits per heavy atom. The van der Waals surface area contributed by atoms with Gasteiger partial charge in [-0.25, -0.2) is 13.1 Å². The Labute approximate surface area is 159 Å². The van der Waals surface area contributed by atoms with Crippen LogP contribution in [0.2, 0.25) is 0 Å². The number of nitrogens with zero attached hydrogens (tertiary/aromatic N) is 4. The average Bonchev–Trinajstić information content (AvgIpc) is 3.03. The molecule has 0 bridgehead atoms. The number of benzene rings is 1. The van der Waals surface area contributed by atoms with E-state index in [2.05, 4.69) is 29.4 Å². The molecule has 1 aliphatic heterocycles. The van der Waals surface area contributed by atoms with Crippen molar-refractivity contribution in [3.8, 4) is 0 Å². The van der Waals surface area contributed by atoms with Crippen molar-refractivity contribution < 1.29 is 13.3 Å². The van der Waals surface area contributed by atoms with Crippen molar-refractivity contribution in [2.75, 3.05) is 24.6 Å². The van der Waals surface area contributed by atoms with Crippen LogP contribution in [-0.4, -0.2) is 53.2 Å². The summed E-state index contributed by atoms with van der Waals surface area (Å²) < 4.78 is 27.1. The van der Waals surface area contributed by atoms with Crippen LogP contribution >= 0.6 is 11.8 Å². The van der Waals surface area contributed by atoms with E-state index < -0.39 is 9.84 Å². The largest absolute Gasteiger partial charge is 0.325 e. The molecule has 0 amide bonds. The van der Waals surface area contributed by atoms with Crippen molar-refractivity contribution >= 4 is 21.6 Å². The van der Waals surface area contributed by atoms with E-state index in [0.29, 0.717) is 16.6 Å². The molecule has 1 aromatic heterocycles. The fourth-order valence-electron chi connectivity index (χ4n) is 3.40. The topological polar surface area (TPSA) is 82.2 Å². The minimum absolute atomic E-state index is 0.0964. The first-order valence-electron chi connectivity index (χ1n) is 8.86. The van der Waals surface area contributed by atoms with E-state index in [1.807, 2.05) is 18.7 Å². The van der Waals surface area contributed by atoms with Gasteiger partial charge in [0.05, 0.1) is 18.0 Å². The van der Waals surface area contributed by atoms with E-state index in [-0.39, 0.29) is 11.9 Å². The number of rotatable bonds is 6. The van der Waals surface area contributed by atoms with Gasteiger partial charge in [0.15, 0.2) is 21.8 Å². The monoisotopic (exact) mass is 396 g/mol. The fraction of sp³-hybridized carbons (Fsp3) is 0.588. The maximum atomic E-state index is 12.8. The van der Waals surface area contributed by atoms with Crippen molar-refractivity contribution in [3.05, 3.63) is 35.7 Å². The van der Waals surface area contributed by atoms with Gasteiger partial charge in [-0.1, -0.05) is 31.5 Å². The second-order valence-electron chi connectivity index (χ2n) is 7.09. The molecule has 2 aromatic rings. The predicted octanol–water partition coefficient (Wildman–Crippen LogP) is 0.742. The number of sulfone groups is 1. The Morgan fingerprint density at radius 2 is 1.85 bits per heavy atom. The summed E-state index contributed by atoms with van der Waals surface area (Å²) in [5.74, 6) is 2.98. The first kappa shape index (κ1) is 19.3. The second kappa shape index (κ2) is 8.06. The molecule has 0 aliphatic carbocycles.